The number of carboxylic acids is 1. The molecule has 4 aliphatic rings. The number of piperidine rings is 2. The van der Waals surface area contributed by atoms with E-state index in [9.17, 15) is 47.9 Å². The van der Waals surface area contributed by atoms with Gasteiger partial charge in [0.2, 0.25) is 23.6 Å². The number of aldehydes is 1. The number of benzene rings is 2. The highest BCUT2D eigenvalue weighted by molar-refractivity contribution is 6.25. The number of carbonyl (C=O) groups excluding carboxylic acids is 9. The highest BCUT2D eigenvalue weighted by Gasteiger charge is 2.47. The van der Waals surface area contributed by atoms with Crippen molar-refractivity contribution in [3.05, 3.63) is 58.7 Å². The summed E-state index contributed by atoms with van der Waals surface area (Å²) in [6.45, 7) is 0.830. The zero-order valence-corrected chi connectivity index (χ0v) is 35.5. The van der Waals surface area contributed by atoms with E-state index in [4.69, 9.17) is 14.6 Å². The van der Waals surface area contributed by atoms with E-state index >= 15 is 0 Å². The molecule has 4 aliphatic heterocycles. The van der Waals surface area contributed by atoms with E-state index in [2.05, 4.69) is 10.6 Å². The number of carboxylic acid groups (broad SMARTS) is 1. The van der Waals surface area contributed by atoms with Gasteiger partial charge in [-0.3, -0.25) is 63.6 Å². The van der Waals surface area contributed by atoms with Crippen LogP contribution in [0.4, 0.5) is 0 Å². The fourth-order valence-electron chi connectivity index (χ4n) is 8.05. The summed E-state index contributed by atoms with van der Waals surface area (Å²) >= 11 is 0. The molecule has 3 N–H and O–H groups in total. The number of nitrogens with one attached hydrogen (secondary N) is 2. The van der Waals surface area contributed by atoms with E-state index in [1.807, 2.05) is 0 Å². The summed E-state index contributed by atoms with van der Waals surface area (Å²) in [6.07, 6.45) is 15.8. The Bertz CT molecular complexity index is 2070. The van der Waals surface area contributed by atoms with Crippen molar-refractivity contribution in [2.75, 3.05) is 13.2 Å². The van der Waals surface area contributed by atoms with Gasteiger partial charge in [0.25, 0.3) is 23.6 Å². The van der Waals surface area contributed by atoms with Gasteiger partial charge in [0.1, 0.15) is 29.9 Å². The van der Waals surface area contributed by atoms with Gasteiger partial charge in [-0.05, 0) is 62.8 Å². The van der Waals surface area contributed by atoms with Crippen molar-refractivity contribution in [3.63, 3.8) is 0 Å². The van der Waals surface area contributed by atoms with Crippen molar-refractivity contribution in [1.29, 1.82) is 0 Å². The van der Waals surface area contributed by atoms with Crippen LogP contribution in [0, 0.1) is 0 Å². The standard InChI is InChI=1S/C23H28N2O7.C23H28N2O6.CH4/c26-18-13-12-16(21(29)24-18)25-22(30)15-9-8-10-17(20(15)23(25)31)32-14-7-5-3-1-2-4-6-11-19(27)28;26-14-7-5-3-1-2-4-6-8-15-31-18-11-9-10-16-20(18)23(30)25(22(16)29)17-12-13-19(27)24-21(17)28;/h8-10,16H,1-7,11-14H2,(H,27,28)(H,24,26,29);9-11,14,17H,1-8,12-13,15H2,(H,24,27,28);1H4. The molecule has 2 aromatic rings. The maximum absolute atomic E-state index is 13.0. The molecule has 17 nitrogen and oxygen atoms in total. The minimum Gasteiger partial charge on any atom is -0.493 e. The minimum atomic E-state index is -0.997. The van der Waals surface area contributed by atoms with E-state index in [-0.39, 0.29) is 61.8 Å². The number of rotatable bonds is 24. The third kappa shape index (κ3) is 13.1. The number of amides is 8. The van der Waals surface area contributed by atoms with Crippen molar-refractivity contribution in [2.24, 2.45) is 0 Å². The molecule has 0 aliphatic carbocycles. The van der Waals surface area contributed by atoms with Crippen molar-refractivity contribution in [1.82, 2.24) is 20.4 Å². The molecule has 0 aromatic heterocycles. The first-order valence-corrected chi connectivity index (χ1v) is 22.0. The summed E-state index contributed by atoms with van der Waals surface area (Å²) in [5.41, 5.74) is 0.786. The Labute approximate surface area is 373 Å². The Morgan fingerprint density at radius 1 is 0.578 bits per heavy atom. The molecule has 17 heteroatoms. The first-order valence-electron chi connectivity index (χ1n) is 22.0. The second-order valence-electron chi connectivity index (χ2n) is 16.0. The molecule has 2 fully saturated rings. The smallest absolute Gasteiger partial charge is 0.303 e. The predicted molar refractivity (Wildman–Crippen MR) is 232 cm³/mol. The van der Waals surface area contributed by atoms with Crippen molar-refractivity contribution < 1.29 is 62.5 Å². The highest BCUT2D eigenvalue weighted by Crippen LogP contribution is 2.35. The van der Waals surface area contributed by atoms with Crippen molar-refractivity contribution in [2.45, 2.75) is 148 Å². The van der Waals surface area contributed by atoms with Crippen LogP contribution in [0.1, 0.15) is 177 Å². The normalized spacial score (nSPS) is 17.8. The summed E-state index contributed by atoms with van der Waals surface area (Å²) in [5, 5.41) is 13.0. The van der Waals surface area contributed by atoms with E-state index < -0.39 is 65.3 Å². The number of ether oxygens (including phenoxy) is 2. The van der Waals surface area contributed by atoms with Gasteiger partial charge in [-0.25, -0.2) is 0 Å². The summed E-state index contributed by atoms with van der Waals surface area (Å²) in [4.78, 5) is 121. The number of unbranched alkanes of at least 4 members (excludes halogenated alkanes) is 13. The molecule has 2 atom stereocenters. The molecule has 2 saturated heterocycles. The van der Waals surface area contributed by atoms with Crippen LogP contribution in [0.5, 0.6) is 11.5 Å². The molecule has 0 saturated carbocycles. The summed E-state index contributed by atoms with van der Waals surface area (Å²) in [6, 6.07) is 7.72. The molecule has 0 bridgehead atoms. The average molecular weight is 889 g/mol. The van der Waals surface area contributed by atoms with Gasteiger partial charge in [0.05, 0.1) is 35.5 Å². The number of nitrogens with zero attached hydrogens (tertiary/aromatic N) is 2. The van der Waals surface area contributed by atoms with Gasteiger partial charge < -0.3 is 19.4 Å². The molecule has 0 spiro atoms. The van der Waals surface area contributed by atoms with Crippen LogP contribution in [0.3, 0.4) is 0 Å². The van der Waals surface area contributed by atoms with E-state index in [0.29, 0.717) is 37.6 Å². The lowest BCUT2D eigenvalue weighted by Gasteiger charge is -2.27. The van der Waals surface area contributed by atoms with Gasteiger partial charge in [-0.1, -0.05) is 83.8 Å². The summed E-state index contributed by atoms with van der Waals surface area (Å²) < 4.78 is 11.6. The topological polar surface area (TPSA) is 240 Å². The lowest BCUT2D eigenvalue weighted by Crippen LogP contribution is -2.54. The molecule has 2 unspecified atom stereocenters. The molecule has 64 heavy (non-hydrogen) atoms. The predicted octanol–water partition coefficient (Wildman–Crippen LogP) is 6.09. The maximum Gasteiger partial charge on any atom is 0.303 e. The second-order valence-corrected chi connectivity index (χ2v) is 16.0. The van der Waals surface area contributed by atoms with Crippen LogP contribution in [-0.4, -0.2) is 99.7 Å². The zero-order valence-electron chi connectivity index (χ0n) is 35.5. The number of carbonyl (C=O) groups is 10. The number of hydrogen-bond donors (Lipinski definition) is 3. The van der Waals surface area contributed by atoms with Gasteiger partial charge in [0.15, 0.2) is 0 Å². The summed E-state index contributed by atoms with van der Waals surface area (Å²) in [7, 11) is 0. The third-order valence-electron chi connectivity index (χ3n) is 11.4. The van der Waals surface area contributed by atoms with Crippen molar-refractivity contribution >= 4 is 59.5 Å². The minimum absolute atomic E-state index is 0. The Hall–Kier alpha value is -6.26. The van der Waals surface area contributed by atoms with Gasteiger partial charge in [0, 0.05) is 25.7 Å². The van der Waals surface area contributed by atoms with Crippen LogP contribution < -0.4 is 20.1 Å². The van der Waals surface area contributed by atoms with Crippen LogP contribution in [0.15, 0.2) is 36.4 Å². The first kappa shape index (κ1) is 50.4. The largest absolute Gasteiger partial charge is 0.493 e. The molecule has 6 rings (SSSR count). The molecule has 0 radical (unpaired) electrons. The van der Waals surface area contributed by atoms with Gasteiger partial charge >= 0.3 is 5.97 Å². The lowest BCUT2D eigenvalue weighted by atomic mass is 10.0. The molecular weight excluding hydrogens is 829 g/mol. The zero-order chi connectivity index (χ0) is 45.3. The molecular formula is C47H60N4O13. The Morgan fingerprint density at radius 2 is 0.969 bits per heavy atom. The van der Waals surface area contributed by atoms with E-state index in [0.717, 1.165) is 99.6 Å². The van der Waals surface area contributed by atoms with Gasteiger partial charge in [-0.2, -0.15) is 0 Å². The lowest BCUT2D eigenvalue weighted by molar-refractivity contribution is -0.138. The average Bonchev–Trinajstić information content (AvgIpc) is 3.66. The molecule has 2 aromatic carbocycles. The SMILES string of the molecule is C.O=C(O)CCCCCCCCCOc1cccc2c1C(=O)N(C1CCC(=O)NC1=O)C2=O.O=CCCCCCCCCCOc1cccc2c1C(=O)N(C1CCC(=O)NC1=O)C2=O. The number of fused-ring (bicyclic) bond motifs is 2. The first-order chi connectivity index (χ1) is 30.4. The quantitative estimate of drug-likeness (QED) is 0.0615. The Balaban J connectivity index is 0.000000276. The monoisotopic (exact) mass is 888 g/mol. The Morgan fingerprint density at radius 3 is 1.36 bits per heavy atom. The summed E-state index contributed by atoms with van der Waals surface area (Å²) in [5.74, 6) is -4.37. The fraction of sp³-hybridized carbons (Fsp3) is 0.532. The van der Waals surface area contributed by atoms with Crippen molar-refractivity contribution in [3.8, 4) is 11.5 Å². The van der Waals surface area contributed by atoms with Crippen LogP contribution >= 0.6 is 0 Å². The fourth-order valence-corrected chi connectivity index (χ4v) is 8.05. The van der Waals surface area contributed by atoms with E-state index in [1.54, 1.807) is 36.4 Å². The number of aliphatic carboxylic acids is 1. The third-order valence-corrected chi connectivity index (χ3v) is 11.4. The Kier molecular flexibility index (Phi) is 19.8. The highest BCUT2D eigenvalue weighted by atomic mass is 16.5. The molecule has 4 heterocycles. The molecule has 346 valence electrons. The van der Waals surface area contributed by atoms with Crippen LogP contribution in [0.2, 0.25) is 0 Å². The second kappa shape index (κ2) is 25.1. The number of hydrogen-bond acceptors (Lipinski definition) is 12. The molecule has 8 amide bonds. The number of imide groups is 4. The van der Waals surface area contributed by atoms with Crippen LogP contribution in [0.25, 0.3) is 0 Å². The van der Waals surface area contributed by atoms with E-state index in [1.165, 1.54) is 0 Å². The maximum atomic E-state index is 13.0. The van der Waals surface area contributed by atoms with Crippen LogP contribution in [-0.2, 0) is 28.8 Å². The van der Waals surface area contributed by atoms with Gasteiger partial charge in [-0.15, -0.1) is 0 Å².